The van der Waals surface area contributed by atoms with E-state index in [2.05, 4.69) is 103 Å². The van der Waals surface area contributed by atoms with Crippen LogP contribution in [0.1, 0.15) is 29.5 Å². The molecule has 0 saturated heterocycles. The Morgan fingerprint density at radius 2 is 1.07 bits per heavy atom. The number of hydrogen-bond acceptors (Lipinski definition) is 4. The molecule has 0 bridgehead atoms. The summed E-state index contributed by atoms with van der Waals surface area (Å²) in [5.74, 6) is -2.43. The number of rotatable bonds is 4. The second kappa shape index (κ2) is 12.1. The molecule has 54 heavy (non-hydrogen) atoms. The lowest BCUT2D eigenvalue weighted by molar-refractivity contribution is 0.345. The van der Waals surface area contributed by atoms with Crippen molar-refractivity contribution in [1.29, 1.82) is 0 Å². The molecule has 4 heteroatoms. The van der Waals surface area contributed by atoms with Crippen LogP contribution >= 0.6 is 0 Å². The predicted molar refractivity (Wildman–Crippen MR) is 221 cm³/mol. The van der Waals surface area contributed by atoms with Gasteiger partial charge in [0.1, 0.15) is 0 Å². The van der Waals surface area contributed by atoms with E-state index in [1.165, 1.54) is 49.9 Å². The van der Waals surface area contributed by atoms with Crippen LogP contribution in [-0.4, -0.2) is 20.4 Å². The van der Waals surface area contributed by atoms with E-state index in [-0.39, 0.29) is 11.1 Å². The fraction of sp³-hybridized carbons (Fsp3) is 0.0800. The number of allylic oxidation sites excluding steroid dienone is 4. The molecular formula is C50H36O4. The molecule has 0 radical (unpaired) electrons. The summed E-state index contributed by atoms with van der Waals surface area (Å²) in [7, 11) is 0. The summed E-state index contributed by atoms with van der Waals surface area (Å²) in [5.41, 5.74) is 13.7. The second-order valence-electron chi connectivity index (χ2n) is 14.5. The number of benzene rings is 8. The highest BCUT2D eigenvalue weighted by atomic mass is 16.3. The van der Waals surface area contributed by atoms with Crippen LogP contribution in [0.2, 0.25) is 0 Å². The van der Waals surface area contributed by atoms with E-state index in [1.54, 1.807) is 6.92 Å². The number of fused-ring (bicyclic) bond motifs is 5. The minimum Gasteiger partial charge on any atom is -0.504 e. The van der Waals surface area contributed by atoms with Gasteiger partial charge in [0.05, 0.1) is 0 Å². The van der Waals surface area contributed by atoms with Crippen molar-refractivity contribution in [3.63, 3.8) is 0 Å². The average Bonchev–Trinajstić information content (AvgIpc) is 3.60. The molecule has 260 valence electrons. The fourth-order valence-corrected chi connectivity index (χ4v) is 9.12. The third-order valence-electron chi connectivity index (χ3n) is 11.6. The molecule has 2 aliphatic rings. The van der Waals surface area contributed by atoms with Crippen molar-refractivity contribution in [1.82, 2.24) is 0 Å². The van der Waals surface area contributed by atoms with Gasteiger partial charge in [0.15, 0.2) is 11.5 Å². The molecular weight excluding hydrogens is 665 g/mol. The lowest BCUT2D eigenvalue weighted by Gasteiger charge is -2.23. The Morgan fingerprint density at radius 3 is 1.78 bits per heavy atom. The quantitative estimate of drug-likeness (QED) is 0.0837. The summed E-state index contributed by atoms with van der Waals surface area (Å²) in [6, 6.07) is 44.8. The van der Waals surface area contributed by atoms with Crippen molar-refractivity contribution in [3.05, 3.63) is 162 Å². The normalized spacial score (nSPS) is 13.6. The smallest absolute Gasteiger partial charge is 0.204 e. The highest BCUT2D eigenvalue weighted by Gasteiger charge is 2.29. The van der Waals surface area contributed by atoms with E-state index in [9.17, 15) is 20.4 Å². The Bertz CT molecular complexity index is 2860. The second-order valence-corrected chi connectivity index (χ2v) is 14.5. The predicted octanol–water partition coefficient (Wildman–Crippen LogP) is 12.6. The summed E-state index contributed by atoms with van der Waals surface area (Å²) >= 11 is 0. The van der Waals surface area contributed by atoms with Gasteiger partial charge in [-0.25, -0.2) is 0 Å². The summed E-state index contributed by atoms with van der Waals surface area (Å²) in [4.78, 5) is 0. The Balaban J connectivity index is 1.34. The van der Waals surface area contributed by atoms with Gasteiger partial charge in [-0.15, -0.1) is 0 Å². The van der Waals surface area contributed by atoms with Gasteiger partial charge in [0.25, 0.3) is 0 Å². The fourth-order valence-electron chi connectivity index (χ4n) is 9.12. The van der Waals surface area contributed by atoms with Gasteiger partial charge >= 0.3 is 0 Å². The van der Waals surface area contributed by atoms with Crippen molar-refractivity contribution in [2.24, 2.45) is 0 Å². The first-order valence-electron chi connectivity index (χ1n) is 18.4. The zero-order valence-corrected chi connectivity index (χ0v) is 29.7. The van der Waals surface area contributed by atoms with E-state index in [0.29, 0.717) is 5.56 Å². The van der Waals surface area contributed by atoms with E-state index >= 15 is 0 Å². The van der Waals surface area contributed by atoms with Crippen molar-refractivity contribution in [2.75, 3.05) is 0 Å². The molecule has 0 aliphatic heterocycles. The van der Waals surface area contributed by atoms with E-state index in [0.717, 1.165) is 57.3 Å². The lowest BCUT2D eigenvalue weighted by atomic mass is 9.81. The number of phenolic OH excluding ortho intramolecular Hbond substituents is 4. The largest absolute Gasteiger partial charge is 0.504 e. The molecule has 4 N–H and O–H groups in total. The number of phenols is 4. The first-order valence-corrected chi connectivity index (χ1v) is 18.4. The molecule has 0 heterocycles. The highest BCUT2D eigenvalue weighted by Crippen LogP contribution is 2.55. The molecule has 0 saturated carbocycles. The Kier molecular flexibility index (Phi) is 7.18. The maximum Gasteiger partial charge on any atom is 0.204 e. The molecule has 0 atom stereocenters. The van der Waals surface area contributed by atoms with Crippen LogP contribution in [0.25, 0.3) is 82.4 Å². The van der Waals surface area contributed by atoms with E-state index in [1.807, 2.05) is 36.4 Å². The highest BCUT2D eigenvalue weighted by molar-refractivity contribution is 6.23. The van der Waals surface area contributed by atoms with Gasteiger partial charge in [-0.1, -0.05) is 133 Å². The van der Waals surface area contributed by atoms with E-state index in [4.69, 9.17) is 0 Å². The zero-order valence-electron chi connectivity index (χ0n) is 29.7. The number of hydrogen-bond donors (Lipinski definition) is 4. The molecule has 0 amide bonds. The molecule has 8 aromatic rings. The van der Waals surface area contributed by atoms with Crippen molar-refractivity contribution >= 4 is 37.9 Å². The van der Waals surface area contributed by atoms with Gasteiger partial charge < -0.3 is 20.4 Å². The van der Waals surface area contributed by atoms with Gasteiger partial charge in [0, 0.05) is 16.7 Å². The Hall–Kier alpha value is -6.78. The van der Waals surface area contributed by atoms with E-state index < -0.39 is 23.0 Å². The minimum atomic E-state index is -0.750. The Morgan fingerprint density at radius 1 is 0.463 bits per heavy atom. The molecule has 0 fully saturated rings. The van der Waals surface area contributed by atoms with Gasteiger partial charge in [0.2, 0.25) is 11.5 Å². The molecule has 0 aromatic heterocycles. The van der Waals surface area contributed by atoms with Crippen LogP contribution in [-0.2, 0) is 6.42 Å². The zero-order chi connectivity index (χ0) is 36.7. The third-order valence-corrected chi connectivity index (χ3v) is 11.6. The topological polar surface area (TPSA) is 80.9 Å². The van der Waals surface area contributed by atoms with Crippen LogP contribution in [0.3, 0.4) is 0 Å². The van der Waals surface area contributed by atoms with Crippen LogP contribution in [0, 0.1) is 6.92 Å². The lowest BCUT2D eigenvalue weighted by Crippen LogP contribution is -1.97. The molecule has 2 aliphatic carbocycles. The van der Waals surface area contributed by atoms with Crippen LogP contribution in [0.4, 0.5) is 0 Å². The SMILES string of the molecule is Cc1c(O)c(O)c(O)c(O)c1-c1c2ccccc2c(-c2cc(-c3c(-c4ccccc4)ccc4c3C3=C(CCC=C3)C4)c3ccccc3c2)c2ccccc12. The van der Waals surface area contributed by atoms with Crippen LogP contribution < -0.4 is 0 Å². The monoisotopic (exact) mass is 700 g/mol. The van der Waals surface area contributed by atoms with Crippen molar-refractivity contribution in [3.8, 4) is 67.5 Å². The van der Waals surface area contributed by atoms with Gasteiger partial charge in [-0.3, -0.25) is 0 Å². The first kappa shape index (κ1) is 31.9. The summed E-state index contributed by atoms with van der Waals surface area (Å²) < 4.78 is 0. The van der Waals surface area contributed by atoms with Crippen LogP contribution in [0.15, 0.2) is 145 Å². The molecule has 0 spiro atoms. The van der Waals surface area contributed by atoms with Crippen LogP contribution in [0.5, 0.6) is 23.0 Å². The first-order chi connectivity index (χ1) is 26.4. The minimum absolute atomic E-state index is 0.274. The third kappa shape index (κ3) is 4.63. The van der Waals surface area contributed by atoms with Gasteiger partial charge in [-0.2, -0.15) is 0 Å². The average molecular weight is 701 g/mol. The molecule has 4 nitrogen and oxygen atoms in total. The molecule has 0 unspecified atom stereocenters. The summed E-state index contributed by atoms with van der Waals surface area (Å²) in [5, 5.41) is 49.3. The molecule has 10 rings (SSSR count). The maximum absolute atomic E-state index is 11.4. The summed E-state index contributed by atoms with van der Waals surface area (Å²) in [6.07, 6.45) is 7.78. The maximum atomic E-state index is 11.4. The Labute approximate surface area is 312 Å². The van der Waals surface area contributed by atoms with Gasteiger partial charge in [-0.05, 0) is 121 Å². The number of aromatic hydroxyl groups is 4. The summed E-state index contributed by atoms with van der Waals surface area (Å²) in [6.45, 7) is 1.64. The standard InChI is InChI=1S/C50H36O4/c1-28-42(48(52)50(54)49(53)47(28)51)46-39-21-11-9-19-37(39)43(38-20-10-12-22-40(38)46)33-26-30-15-5-7-17-34(30)41(27-33)45-36(29-13-3-2-4-14-29)24-23-32-25-31-16-6-8-18-35(31)44(32)45/h2-5,7-15,17-24,26-27,51-54H,6,16,25H2,1H3. The van der Waals surface area contributed by atoms with Crippen molar-refractivity contribution in [2.45, 2.75) is 26.2 Å². The van der Waals surface area contributed by atoms with Crippen molar-refractivity contribution < 1.29 is 20.4 Å². The molecule has 8 aromatic carbocycles.